The second kappa shape index (κ2) is 8.79. The van der Waals surface area contributed by atoms with E-state index >= 15 is 0 Å². The number of hydrogen-bond donors (Lipinski definition) is 1. The van der Waals surface area contributed by atoms with Gasteiger partial charge in [0.05, 0.1) is 12.2 Å². The number of methoxy groups -OCH3 is 1. The highest BCUT2D eigenvalue weighted by atomic mass is 19.3. The van der Waals surface area contributed by atoms with E-state index in [1.54, 1.807) is 7.11 Å². The summed E-state index contributed by atoms with van der Waals surface area (Å²) in [4.78, 5) is 0. The van der Waals surface area contributed by atoms with Crippen LogP contribution in [0.25, 0.3) is 0 Å². The minimum absolute atomic E-state index is 0.0318. The van der Waals surface area contributed by atoms with Gasteiger partial charge in [0.2, 0.25) is 0 Å². The first kappa shape index (κ1) is 19.6. The Kier molecular flexibility index (Phi) is 8.62. The van der Waals surface area contributed by atoms with Crippen molar-refractivity contribution in [1.82, 2.24) is 5.32 Å². The smallest absolute Gasteiger partial charge is 0.330 e. The van der Waals surface area contributed by atoms with Gasteiger partial charge in [-0.3, -0.25) is 0 Å². The molecule has 0 spiro atoms. The number of alkyl halides is 4. The SMILES string of the molecule is CCNC(CCC(C)(C)OC)COCC(F)(F)C(F)F. The Morgan fingerprint density at radius 2 is 1.80 bits per heavy atom. The van der Waals surface area contributed by atoms with Gasteiger partial charge in [0, 0.05) is 13.2 Å². The van der Waals surface area contributed by atoms with Gasteiger partial charge in [0.15, 0.2) is 0 Å². The zero-order valence-corrected chi connectivity index (χ0v) is 12.5. The van der Waals surface area contributed by atoms with Crippen LogP contribution in [0.3, 0.4) is 0 Å². The Bertz CT molecular complexity index is 263. The molecule has 0 heterocycles. The van der Waals surface area contributed by atoms with Crippen molar-refractivity contribution >= 4 is 0 Å². The van der Waals surface area contributed by atoms with Crippen molar-refractivity contribution in [2.24, 2.45) is 0 Å². The van der Waals surface area contributed by atoms with Crippen molar-refractivity contribution in [3.8, 4) is 0 Å². The maximum atomic E-state index is 12.7. The lowest BCUT2D eigenvalue weighted by Crippen LogP contribution is -2.39. The predicted octanol–water partition coefficient (Wildman–Crippen LogP) is 3.09. The van der Waals surface area contributed by atoms with Crippen LogP contribution >= 0.6 is 0 Å². The molecule has 0 saturated carbocycles. The van der Waals surface area contributed by atoms with Crippen LogP contribution in [0.1, 0.15) is 33.6 Å². The molecule has 0 aliphatic carbocycles. The molecule has 0 rings (SSSR count). The van der Waals surface area contributed by atoms with Crippen molar-refractivity contribution in [1.29, 1.82) is 0 Å². The lowest BCUT2D eigenvalue weighted by molar-refractivity contribution is -0.167. The number of nitrogens with one attached hydrogen (secondary N) is 1. The molecule has 1 N–H and O–H groups in total. The minimum Gasteiger partial charge on any atom is -0.379 e. The number of likely N-dealkylation sites (N-methyl/N-ethyl adjacent to an activating group) is 1. The van der Waals surface area contributed by atoms with Crippen LogP contribution in [0.2, 0.25) is 0 Å². The molecule has 0 aromatic heterocycles. The highest BCUT2D eigenvalue weighted by Crippen LogP contribution is 2.23. The Labute approximate surface area is 118 Å². The highest BCUT2D eigenvalue weighted by Gasteiger charge is 2.41. The van der Waals surface area contributed by atoms with E-state index in [1.165, 1.54) is 0 Å². The normalized spacial score (nSPS) is 14.8. The summed E-state index contributed by atoms with van der Waals surface area (Å²) in [7, 11) is 1.60. The second-order valence-electron chi connectivity index (χ2n) is 5.33. The Morgan fingerprint density at radius 3 is 2.25 bits per heavy atom. The van der Waals surface area contributed by atoms with Crippen LogP contribution in [-0.4, -0.2) is 50.9 Å². The van der Waals surface area contributed by atoms with Crippen LogP contribution in [0.15, 0.2) is 0 Å². The summed E-state index contributed by atoms with van der Waals surface area (Å²) in [6, 6.07) is -0.164. The summed E-state index contributed by atoms with van der Waals surface area (Å²) in [5, 5.41) is 3.08. The van der Waals surface area contributed by atoms with E-state index in [4.69, 9.17) is 9.47 Å². The van der Waals surface area contributed by atoms with Crippen molar-refractivity contribution in [3.63, 3.8) is 0 Å². The molecule has 0 saturated heterocycles. The molecule has 7 heteroatoms. The van der Waals surface area contributed by atoms with E-state index in [2.05, 4.69) is 5.32 Å². The van der Waals surface area contributed by atoms with Gasteiger partial charge in [-0.25, -0.2) is 8.78 Å². The number of halogens is 4. The average molecular weight is 303 g/mol. The number of rotatable bonds is 11. The van der Waals surface area contributed by atoms with E-state index in [0.29, 0.717) is 19.4 Å². The predicted molar refractivity (Wildman–Crippen MR) is 69.6 cm³/mol. The standard InChI is InChI=1S/C13H25F4NO2/c1-5-18-10(6-7-12(2,3)19-4)8-20-9-13(16,17)11(14)15/h10-11,18H,5-9H2,1-4H3. The number of ether oxygens (including phenoxy) is 2. The molecule has 1 atom stereocenters. The summed E-state index contributed by atoms with van der Waals surface area (Å²) < 4.78 is 59.3. The molecule has 122 valence electrons. The van der Waals surface area contributed by atoms with Gasteiger partial charge in [-0.2, -0.15) is 8.78 Å². The second-order valence-corrected chi connectivity index (χ2v) is 5.33. The fourth-order valence-corrected chi connectivity index (χ4v) is 1.56. The first-order chi connectivity index (χ1) is 9.14. The van der Waals surface area contributed by atoms with Crippen LogP contribution in [0.5, 0.6) is 0 Å². The van der Waals surface area contributed by atoms with Crippen molar-refractivity contribution in [2.75, 3.05) is 26.9 Å². The zero-order chi connectivity index (χ0) is 15.8. The fourth-order valence-electron chi connectivity index (χ4n) is 1.56. The monoisotopic (exact) mass is 303 g/mol. The Morgan fingerprint density at radius 1 is 1.20 bits per heavy atom. The van der Waals surface area contributed by atoms with E-state index in [-0.39, 0.29) is 18.2 Å². The first-order valence-electron chi connectivity index (χ1n) is 6.67. The molecule has 0 aromatic carbocycles. The Balaban J connectivity index is 4.15. The van der Waals surface area contributed by atoms with E-state index in [9.17, 15) is 17.6 Å². The van der Waals surface area contributed by atoms with E-state index < -0.39 is 19.0 Å². The maximum Gasteiger partial charge on any atom is 0.330 e. The first-order valence-corrected chi connectivity index (χ1v) is 6.67. The van der Waals surface area contributed by atoms with Gasteiger partial charge < -0.3 is 14.8 Å². The molecule has 0 aromatic rings. The molecule has 1 unspecified atom stereocenters. The topological polar surface area (TPSA) is 30.5 Å². The summed E-state index contributed by atoms with van der Waals surface area (Å²) in [5.74, 6) is -4.09. The minimum atomic E-state index is -4.09. The van der Waals surface area contributed by atoms with Crippen molar-refractivity contribution in [3.05, 3.63) is 0 Å². The third-order valence-electron chi connectivity index (χ3n) is 3.07. The van der Waals surface area contributed by atoms with Crippen molar-refractivity contribution < 1.29 is 27.0 Å². The molecular weight excluding hydrogens is 278 g/mol. The van der Waals surface area contributed by atoms with Gasteiger partial charge in [-0.1, -0.05) is 6.92 Å². The molecule has 0 radical (unpaired) electrons. The fraction of sp³-hybridized carbons (Fsp3) is 1.00. The molecule has 0 bridgehead atoms. The van der Waals surface area contributed by atoms with Gasteiger partial charge in [-0.05, 0) is 33.2 Å². The van der Waals surface area contributed by atoms with Crippen LogP contribution in [0.4, 0.5) is 17.6 Å². The summed E-state index contributed by atoms with van der Waals surface area (Å²) >= 11 is 0. The molecule has 3 nitrogen and oxygen atoms in total. The van der Waals surface area contributed by atoms with E-state index in [1.807, 2.05) is 20.8 Å². The third-order valence-corrected chi connectivity index (χ3v) is 3.07. The lowest BCUT2D eigenvalue weighted by atomic mass is 9.99. The maximum absolute atomic E-state index is 12.7. The molecular formula is C13H25F4NO2. The quantitative estimate of drug-likeness (QED) is 0.595. The van der Waals surface area contributed by atoms with Gasteiger partial charge in [0.1, 0.15) is 6.61 Å². The molecule has 0 fully saturated rings. The number of hydrogen-bond acceptors (Lipinski definition) is 3. The third kappa shape index (κ3) is 8.01. The molecule has 0 aliphatic rings. The summed E-state index contributed by atoms with van der Waals surface area (Å²) in [6.45, 7) is 5.06. The average Bonchev–Trinajstić information content (AvgIpc) is 2.35. The highest BCUT2D eigenvalue weighted by molar-refractivity contribution is 4.75. The van der Waals surface area contributed by atoms with Gasteiger partial charge in [-0.15, -0.1) is 0 Å². The van der Waals surface area contributed by atoms with Crippen LogP contribution in [0, 0.1) is 0 Å². The van der Waals surface area contributed by atoms with Gasteiger partial charge >= 0.3 is 12.3 Å². The van der Waals surface area contributed by atoms with Gasteiger partial charge in [0.25, 0.3) is 0 Å². The zero-order valence-electron chi connectivity index (χ0n) is 12.5. The van der Waals surface area contributed by atoms with Crippen LogP contribution in [-0.2, 0) is 9.47 Å². The van der Waals surface area contributed by atoms with Crippen molar-refractivity contribution in [2.45, 2.75) is 57.6 Å². The summed E-state index contributed by atoms with van der Waals surface area (Å²) in [5.41, 5.74) is -0.319. The molecule has 0 aliphatic heterocycles. The van der Waals surface area contributed by atoms with E-state index in [0.717, 1.165) is 0 Å². The Hall–Kier alpha value is -0.400. The van der Waals surface area contributed by atoms with Crippen LogP contribution < -0.4 is 5.32 Å². The summed E-state index contributed by atoms with van der Waals surface area (Å²) in [6.07, 6.45) is -2.35. The largest absolute Gasteiger partial charge is 0.379 e. The molecule has 0 amide bonds. The molecule has 20 heavy (non-hydrogen) atoms. The lowest BCUT2D eigenvalue weighted by Gasteiger charge is -2.26.